The molecule has 1 atom stereocenters. The number of carbonyl (C=O) groups is 2. The summed E-state index contributed by atoms with van der Waals surface area (Å²) in [6.07, 6.45) is 2.26. The first-order chi connectivity index (χ1) is 10.0. The van der Waals surface area contributed by atoms with Crippen molar-refractivity contribution in [2.45, 2.75) is 32.2 Å². The molecule has 0 radical (unpaired) electrons. The van der Waals surface area contributed by atoms with Crippen molar-refractivity contribution in [2.24, 2.45) is 0 Å². The van der Waals surface area contributed by atoms with Crippen molar-refractivity contribution in [3.8, 4) is 5.75 Å². The molecule has 0 aliphatic carbocycles. The molecule has 1 N–H and O–H groups in total. The summed E-state index contributed by atoms with van der Waals surface area (Å²) in [7, 11) is 1.40. The van der Waals surface area contributed by atoms with E-state index in [0.717, 1.165) is 12.8 Å². The van der Waals surface area contributed by atoms with Crippen LogP contribution in [0, 0.1) is 5.82 Å². The summed E-state index contributed by atoms with van der Waals surface area (Å²) in [6, 6.07) is 3.32. The van der Waals surface area contributed by atoms with Crippen LogP contribution in [-0.4, -0.2) is 36.4 Å². The molecule has 5 nitrogen and oxygen atoms in total. The summed E-state index contributed by atoms with van der Waals surface area (Å²) in [6.45, 7) is 2.28. The lowest BCUT2D eigenvalue weighted by Gasteiger charge is -2.31. The van der Waals surface area contributed by atoms with Gasteiger partial charge in [-0.2, -0.15) is 0 Å². The van der Waals surface area contributed by atoms with Gasteiger partial charge in [-0.25, -0.2) is 4.39 Å². The fraction of sp³-hybridized carbons (Fsp3) is 0.467. The highest BCUT2D eigenvalue weighted by Gasteiger charge is 2.28. The number of benzene rings is 1. The molecular formula is C15H19FN2O3. The van der Waals surface area contributed by atoms with Gasteiger partial charge in [0.2, 0.25) is 11.8 Å². The van der Waals surface area contributed by atoms with E-state index in [4.69, 9.17) is 4.74 Å². The Bertz CT molecular complexity index is 548. The normalized spacial score (nSPS) is 16.5. The average Bonchev–Trinajstić information content (AvgIpc) is 2.48. The lowest BCUT2D eigenvalue weighted by Crippen LogP contribution is -2.47. The molecule has 2 rings (SSSR count). The molecule has 1 heterocycles. The summed E-state index contributed by atoms with van der Waals surface area (Å²) >= 11 is 0. The van der Waals surface area contributed by atoms with E-state index in [1.807, 2.05) is 0 Å². The van der Waals surface area contributed by atoms with E-state index in [1.165, 1.54) is 25.3 Å². The Morgan fingerprint density at radius 1 is 1.43 bits per heavy atom. The second-order valence-electron chi connectivity index (χ2n) is 5.05. The third-order valence-corrected chi connectivity index (χ3v) is 3.63. The van der Waals surface area contributed by atoms with Crippen LogP contribution in [0.4, 0.5) is 10.1 Å². The van der Waals surface area contributed by atoms with Crippen LogP contribution in [0.3, 0.4) is 0 Å². The van der Waals surface area contributed by atoms with Crippen molar-refractivity contribution < 1.29 is 18.7 Å². The number of nitrogens with one attached hydrogen (secondary N) is 1. The molecule has 1 saturated heterocycles. The highest BCUT2D eigenvalue weighted by Crippen LogP contribution is 2.25. The highest BCUT2D eigenvalue weighted by atomic mass is 19.1. The minimum Gasteiger partial charge on any atom is -0.494 e. The predicted molar refractivity (Wildman–Crippen MR) is 76.6 cm³/mol. The maximum absolute atomic E-state index is 13.1. The molecule has 1 aliphatic rings. The molecule has 21 heavy (non-hydrogen) atoms. The van der Waals surface area contributed by atoms with Crippen molar-refractivity contribution in [2.75, 3.05) is 19.0 Å². The van der Waals surface area contributed by atoms with Gasteiger partial charge in [-0.1, -0.05) is 0 Å². The van der Waals surface area contributed by atoms with E-state index in [1.54, 1.807) is 11.8 Å². The summed E-state index contributed by atoms with van der Waals surface area (Å²) in [5, 5.41) is 2.68. The number of carbonyl (C=O) groups excluding carboxylic acids is 2. The van der Waals surface area contributed by atoms with Crippen LogP contribution in [0.15, 0.2) is 18.2 Å². The van der Waals surface area contributed by atoms with Gasteiger partial charge < -0.3 is 15.0 Å². The van der Waals surface area contributed by atoms with Crippen LogP contribution < -0.4 is 10.1 Å². The van der Waals surface area contributed by atoms with Gasteiger partial charge in [0.1, 0.15) is 17.6 Å². The average molecular weight is 294 g/mol. The Kier molecular flexibility index (Phi) is 4.77. The molecule has 1 fully saturated rings. The molecule has 1 unspecified atom stereocenters. The van der Waals surface area contributed by atoms with Gasteiger partial charge in [0.25, 0.3) is 0 Å². The largest absolute Gasteiger partial charge is 0.494 e. The van der Waals surface area contributed by atoms with Gasteiger partial charge in [-0.3, -0.25) is 9.59 Å². The minimum atomic E-state index is -0.562. The van der Waals surface area contributed by atoms with Gasteiger partial charge in [0, 0.05) is 19.0 Å². The van der Waals surface area contributed by atoms with Gasteiger partial charge >= 0.3 is 0 Å². The van der Waals surface area contributed by atoms with Crippen molar-refractivity contribution in [3.05, 3.63) is 24.0 Å². The van der Waals surface area contributed by atoms with E-state index in [9.17, 15) is 14.0 Å². The van der Waals surface area contributed by atoms with Crippen LogP contribution in [-0.2, 0) is 9.59 Å². The lowest BCUT2D eigenvalue weighted by molar-refractivity contribution is -0.140. The number of anilines is 1. The van der Waals surface area contributed by atoms with E-state index < -0.39 is 11.9 Å². The molecule has 1 aliphatic heterocycles. The molecule has 1 aromatic carbocycles. The lowest BCUT2D eigenvalue weighted by atomic mass is 10.1. The van der Waals surface area contributed by atoms with Crippen molar-refractivity contribution in [1.29, 1.82) is 0 Å². The fourth-order valence-electron chi connectivity index (χ4n) is 2.38. The molecule has 0 bridgehead atoms. The number of halogens is 1. The van der Waals surface area contributed by atoms with Crippen LogP contribution in [0.2, 0.25) is 0 Å². The number of likely N-dealkylation sites (tertiary alicyclic amines) is 1. The summed E-state index contributed by atoms with van der Waals surface area (Å²) in [4.78, 5) is 25.7. The number of rotatable bonds is 4. The van der Waals surface area contributed by atoms with Gasteiger partial charge in [-0.05, 0) is 31.9 Å². The fourth-order valence-corrected chi connectivity index (χ4v) is 2.38. The molecule has 2 amide bonds. The molecule has 0 aromatic heterocycles. The standard InChI is InChI=1S/C15H19FN2O3/c1-10(18-8-4-3-5-14(18)19)15(20)17-12-7-6-11(16)9-13(12)21-2/h6-7,9-10H,3-5,8H2,1-2H3,(H,17,20). The number of ether oxygens (including phenoxy) is 1. The molecule has 0 spiro atoms. The van der Waals surface area contributed by atoms with E-state index in [-0.39, 0.29) is 17.6 Å². The molecule has 0 saturated carbocycles. The second-order valence-corrected chi connectivity index (χ2v) is 5.05. The Morgan fingerprint density at radius 3 is 2.86 bits per heavy atom. The molecular weight excluding hydrogens is 275 g/mol. The van der Waals surface area contributed by atoms with Gasteiger partial charge in [0.05, 0.1) is 12.8 Å². The topological polar surface area (TPSA) is 58.6 Å². The predicted octanol–water partition coefficient (Wildman–Crippen LogP) is 2.17. The van der Waals surface area contributed by atoms with Crippen LogP contribution in [0.5, 0.6) is 5.75 Å². The number of methoxy groups -OCH3 is 1. The molecule has 6 heteroatoms. The van der Waals surface area contributed by atoms with Gasteiger partial charge in [-0.15, -0.1) is 0 Å². The van der Waals surface area contributed by atoms with Crippen molar-refractivity contribution in [1.82, 2.24) is 4.90 Å². The first kappa shape index (κ1) is 15.3. The number of hydrogen-bond donors (Lipinski definition) is 1. The maximum Gasteiger partial charge on any atom is 0.246 e. The quantitative estimate of drug-likeness (QED) is 0.926. The second kappa shape index (κ2) is 6.56. The summed E-state index contributed by atoms with van der Waals surface area (Å²) in [5.74, 6) is -0.505. The number of piperidine rings is 1. The van der Waals surface area contributed by atoms with E-state index >= 15 is 0 Å². The summed E-state index contributed by atoms with van der Waals surface area (Å²) in [5.41, 5.74) is 0.389. The van der Waals surface area contributed by atoms with E-state index in [2.05, 4.69) is 5.32 Å². The monoisotopic (exact) mass is 294 g/mol. The number of amides is 2. The Balaban J connectivity index is 2.08. The first-order valence-corrected chi connectivity index (χ1v) is 6.97. The highest BCUT2D eigenvalue weighted by molar-refractivity contribution is 5.98. The van der Waals surface area contributed by atoms with E-state index in [0.29, 0.717) is 18.7 Å². The SMILES string of the molecule is COc1cc(F)ccc1NC(=O)C(C)N1CCCCC1=O. The third kappa shape index (κ3) is 3.51. The smallest absolute Gasteiger partial charge is 0.246 e. The minimum absolute atomic E-state index is 0.00466. The van der Waals surface area contributed by atoms with Gasteiger partial charge in [0.15, 0.2) is 0 Å². The number of hydrogen-bond acceptors (Lipinski definition) is 3. The summed E-state index contributed by atoms with van der Waals surface area (Å²) < 4.78 is 18.2. The van der Waals surface area contributed by atoms with Crippen LogP contribution in [0.1, 0.15) is 26.2 Å². The Morgan fingerprint density at radius 2 is 2.19 bits per heavy atom. The zero-order valence-corrected chi connectivity index (χ0v) is 12.2. The Hall–Kier alpha value is -2.11. The number of nitrogens with zero attached hydrogens (tertiary/aromatic N) is 1. The zero-order chi connectivity index (χ0) is 15.4. The maximum atomic E-state index is 13.1. The molecule has 1 aromatic rings. The first-order valence-electron chi connectivity index (χ1n) is 6.97. The van der Waals surface area contributed by atoms with Crippen LogP contribution in [0.25, 0.3) is 0 Å². The zero-order valence-electron chi connectivity index (χ0n) is 12.2. The Labute approximate surface area is 123 Å². The van der Waals surface area contributed by atoms with Crippen LogP contribution >= 0.6 is 0 Å². The third-order valence-electron chi connectivity index (χ3n) is 3.63. The van der Waals surface area contributed by atoms with Crippen molar-refractivity contribution in [3.63, 3.8) is 0 Å². The molecule has 114 valence electrons. The van der Waals surface area contributed by atoms with Crippen molar-refractivity contribution >= 4 is 17.5 Å².